The third-order valence-corrected chi connectivity index (χ3v) is 4.57. The number of amides is 1. The maximum Gasteiger partial charge on any atom is 0.276 e. The van der Waals surface area contributed by atoms with Crippen LogP contribution < -0.4 is 10.2 Å². The van der Waals surface area contributed by atoms with E-state index in [4.69, 9.17) is 4.74 Å². The molecule has 0 atom stereocenters. The van der Waals surface area contributed by atoms with Crippen molar-refractivity contribution in [3.05, 3.63) is 28.5 Å². The third kappa shape index (κ3) is 3.88. The second kappa shape index (κ2) is 7.23. The van der Waals surface area contributed by atoms with Crippen LogP contribution in [0.4, 0.5) is 11.1 Å². The summed E-state index contributed by atoms with van der Waals surface area (Å²) in [6.07, 6.45) is 0. The van der Waals surface area contributed by atoms with Crippen LogP contribution in [0.3, 0.4) is 0 Å². The standard InChI is InChI=1S/C16H21N5O2S/c1-10(2)12-8-13(14(22)20-16-17-11(3)9-24-16)19-15(18-12)21-4-6-23-7-5-21/h8-10H,4-7H2,1-3H3,(H,17,20,22). The highest BCUT2D eigenvalue weighted by Crippen LogP contribution is 2.20. The number of morpholine rings is 1. The molecule has 1 aliphatic heterocycles. The topological polar surface area (TPSA) is 80.2 Å². The summed E-state index contributed by atoms with van der Waals surface area (Å²) < 4.78 is 5.37. The van der Waals surface area contributed by atoms with Crippen molar-refractivity contribution in [2.24, 2.45) is 0 Å². The molecular weight excluding hydrogens is 326 g/mol. The van der Waals surface area contributed by atoms with Crippen LogP contribution in [0.25, 0.3) is 0 Å². The Balaban J connectivity index is 1.87. The molecule has 1 aliphatic rings. The number of rotatable bonds is 4. The van der Waals surface area contributed by atoms with Crippen molar-refractivity contribution >= 4 is 28.3 Å². The Morgan fingerprint density at radius 1 is 1.29 bits per heavy atom. The average molecular weight is 347 g/mol. The number of carbonyl (C=O) groups excluding carboxylic acids is 1. The SMILES string of the molecule is Cc1csc(NC(=O)c2cc(C(C)C)nc(N3CCOCC3)n2)n1. The van der Waals surface area contributed by atoms with Crippen LogP contribution in [-0.4, -0.2) is 47.2 Å². The van der Waals surface area contributed by atoms with Crippen molar-refractivity contribution in [1.82, 2.24) is 15.0 Å². The van der Waals surface area contributed by atoms with Gasteiger partial charge in [0.1, 0.15) is 5.69 Å². The van der Waals surface area contributed by atoms with Crippen molar-refractivity contribution in [3.8, 4) is 0 Å². The van der Waals surface area contributed by atoms with Gasteiger partial charge in [0.15, 0.2) is 5.13 Å². The zero-order valence-corrected chi connectivity index (χ0v) is 14.9. The van der Waals surface area contributed by atoms with Crippen LogP contribution in [0, 0.1) is 6.92 Å². The number of thiazole rings is 1. The normalized spacial score (nSPS) is 14.9. The number of aromatic nitrogens is 3. The number of hydrogen-bond donors (Lipinski definition) is 1. The summed E-state index contributed by atoms with van der Waals surface area (Å²) in [6.45, 7) is 8.76. The Labute approximate surface area is 145 Å². The van der Waals surface area contributed by atoms with Crippen LogP contribution in [0.5, 0.6) is 0 Å². The van der Waals surface area contributed by atoms with E-state index in [2.05, 4.69) is 39.0 Å². The maximum atomic E-state index is 12.6. The first-order valence-electron chi connectivity index (χ1n) is 7.98. The molecule has 24 heavy (non-hydrogen) atoms. The van der Waals surface area contributed by atoms with Crippen molar-refractivity contribution in [2.45, 2.75) is 26.7 Å². The molecule has 0 spiro atoms. The number of carbonyl (C=O) groups is 1. The molecule has 0 bridgehead atoms. The maximum absolute atomic E-state index is 12.6. The molecule has 1 amide bonds. The Kier molecular flexibility index (Phi) is 5.06. The van der Waals surface area contributed by atoms with Crippen LogP contribution in [-0.2, 0) is 4.74 Å². The number of aryl methyl sites for hydroxylation is 1. The molecule has 3 rings (SSSR count). The Hall–Kier alpha value is -2.06. The lowest BCUT2D eigenvalue weighted by Gasteiger charge is -2.27. The second-order valence-electron chi connectivity index (χ2n) is 5.98. The summed E-state index contributed by atoms with van der Waals surface area (Å²) in [4.78, 5) is 28.0. The molecule has 1 fully saturated rings. The fraction of sp³-hybridized carbons (Fsp3) is 0.500. The first-order chi connectivity index (χ1) is 11.5. The fourth-order valence-corrected chi connectivity index (χ4v) is 3.03. The molecule has 0 unspecified atom stereocenters. The lowest BCUT2D eigenvalue weighted by atomic mass is 10.1. The zero-order chi connectivity index (χ0) is 17.1. The monoisotopic (exact) mass is 347 g/mol. The van der Waals surface area contributed by atoms with Gasteiger partial charge in [-0.2, -0.15) is 0 Å². The van der Waals surface area contributed by atoms with Crippen LogP contribution in [0.2, 0.25) is 0 Å². The van der Waals surface area contributed by atoms with Crippen molar-refractivity contribution in [3.63, 3.8) is 0 Å². The van der Waals surface area contributed by atoms with Gasteiger partial charge in [0.05, 0.1) is 18.9 Å². The van der Waals surface area contributed by atoms with E-state index in [0.717, 1.165) is 24.5 Å². The van der Waals surface area contributed by atoms with Gasteiger partial charge in [0.25, 0.3) is 5.91 Å². The summed E-state index contributed by atoms with van der Waals surface area (Å²) in [6, 6.07) is 1.75. The highest BCUT2D eigenvalue weighted by atomic mass is 32.1. The lowest BCUT2D eigenvalue weighted by molar-refractivity contribution is 0.102. The van der Waals surface area contributed by atoms with Gasteiger partial charge in [-0.15, -0.1) is 11.3 Å². The zero-order valence-electron chi connectivity index (χ0n) is 14.1. The van der Waals surface area contributed by atoms with Gasteiger partial charge < -0.3 is 9.64 Å². The molecule has 7 nitrogen and oxygen atoms in total. The fourth-order valence-electron chi connectivity index (χ4n) is 2.34. The summed E-state index contributed by atoms with van der Waals surface area (Å²) in [5.41, 5.74) is 2.10. The van der Waals surface area contributed by atoms with Crippen molar-refractivity contribution in [1.29, 1.82) is 0 Å². The average Bonchev–Trinajstić information content (AvgIpc) is 3.00. The minimum atomic E-state index is -0.261. The number of nitrogens with zero attached hydrogens (tertiary/aromatic N) is 4. The summed E-state index contributed by atoms with van der Waals surface area (Å²) >= 11 is 1.40. The van der Waals surface area contributed by atoms with E-state index in [-0.39, 0.29) is 11.8 Å². The lowest BCUT2D eigenvalue weighted by Crippen LogP contribution is -2.38. The van der Waals surface area contributed by atoms with E-state index in [0.29, 0.717) is 30.0 Å². The quantitative estimate of drug-likeness (QED) is 0.915. The Bertz CT molecular complexity index is 725. The van der Waals surface area contributed by atoms with Crippen molar-refractivity contribution < 1.29 is 9.53 Å². The van der Waals surface area contributed by atoms with E-state index >= 15 is 0 Å². The molecule has 1 saturated heterocycles. The van der Waals surface area contributed by atoms with Gasteiger partial charge >= 0.3 is 0 Å². The van der Waals surface area contributed by atoms with Crippen LogP contribution >= 0.6 is 11.3 Å². The Morgan fingerprint density at radius 3 is 2.67 bits per heavy atom. The summed E-state index contributed by atoms with van der Waals surface area (Å²) in [5.74, 6) is 0.537. The smallest absolute Gasteiger partial charge is 0.276 e. The minimum absolute atomic E-state index is 0.210. The number of ether oxygens (including phenoxy) is 1. The molecule has 0 radical (unpaired) electrons. The summed E-state index contributed by atoms with van der Waals surface area (Å²) in [7, 11) is 0. The second-order valence-corrected chi connectivity index (χ2v) is 6.84. The number of nitrogens with one attached hydrogen (secondary N) is 1. The van der Waals surface area contributed by atoms with Gasteiger partial charge in [-0.1, -0.05) is 13.8 Å². The molecule has 0 aliphatic carbocycles. The van der Waals surface area contributed by atoms with E-state index in [9.17, 15) is 4.79 Å². The van der Waals surface area contributed by atoms with E-state index < -0.39 is 0 Å². The van der Waals surface area contributed by atoms with Gasteiger partial charge in [-0.3, -0.25) is 10.1 Å². The first-order valence-corrected chi connectivity index (χ1v) is 8.86. The molecule has 1 N–H and O–H groups in total. The van der Waals surface area contributed by atoms with E-state index in [1.807, 2.05) is 12.3 Å². The highest BCUT2D eigenvalue weighted by Gasteiger charge is 2.19. The molecule has 2 aromatic heterocycles. The molecule has 2 aromatic rings. The molecule has 0 saturated carbocycles. The molecule has 3 heterocycles. The molecular formula is C16H21N5O2S. The predicted molar refractivity (Wildman–Crippen MR) is 94.0 cm³/mol. The van der Waals surface area contributed by atoms with Crippen molar-refractivity contribution in [2.75, 3.05) is 36.5 Å². The van der Waals surface area contributed by atoms with E-state index in [1.165, 1.54) is 11.3 Å². The van der Waals surface area contributed by atoms with E-state index in [1.54, 1.807) is 6.07 Å². The van der Waals surface area contributed by atoms with Crippen LogP contribution in [0.1, 0.15) is 41.6 Å². The number of anilines is 2. The molecule has 0 aromatic carbocycles. The summed E-state index contributed by atoms with van der Waals surface area (Å²) in [5, 5.41) is 5.29. The minimum Gasteiger partial charge on any atom is -0.378 e. The van der Waals surface area contributed by atoms with Crippen LogP contribution in [0.15, 0.2) is 11.4 Å². The molecule has 128 valence electrons. The van der Waals surface area contributed by atoms with Gasteiger partial charge in [-0.05, 0) is 18.9 Å². The Morgan fingerprint density at radius 2 is 2.04 bits per heavy atom. The number of hydrogen-bond acceptors (Lipinski definition) is 7. The highest BCUT2D eigenvalue weighted by molar-refractivity contribution is 7.13. The first kappa shape index (κ1) is 16.8. The van der Waals surface area contributed by atoms with Gasteiger partial charge in [0, 0.05) is 24.2 Å². The molecule has 8 heteroatoms. The third-order valence-electron chi connectivity index (χ3n) is 3.69. The van der Waals surface area contributed by atoms with Gasteiger partial charge in [0.2, 0.25) is 5.95 Å². The predicted octanol–water partition coefficient (Wildman–Crippen LogP) is 2.45. The largest absolute Gasteiger partial charge is 0.378 e. The van der Waals surface area contributed by atoms with Gasteiger partial charge in [-0.25, -0.2) is 15.0 Å².